The maximum absolute atomic E-state index is 12.2. The van der Waals surface area contributed by atoms with Crippen LogP contribution in [-0.2, 0) is 20.7 Å². The summed E-state index contributed by atoms with van der Waals surface area (Å²) in [5.74, 6) is -0.885. The van der Waals surface area contributed by atoms with Crippen LogP contribution in [0, 0.1) is 5.92 Å². The molecule has 0 spiro atoms. The Morgan fingerprint density at radius 3 is 2.84 bits per heavy atom. The minimum Gasteiger partial charge on any atom is -0.469 e. The number of nitrogens with one attached hydrogen (secondary N) is 2. The Kier molecular flexibility index (Phi) is 6.80. The molecule has 1 fully saturated rings. The van der Waals surface area contributed by atoms with Crippen LogP contribution < -0.4 is 10.6 Å². The average Bonchev–Trinajstić information content (AvgIpc) is 2.65. The average molecular weight is 347 g/mol. The second-order valence-electron chi connectivity index (χ2n) is 6.07. The Hall–Kier alpha value is -2.57. The monoisotopic (exact) mass is 347 g/mol. The molecule has 0 saturated carbocycles. The van der Waals surface area contributed by atoms with E-state index in [1.54, 1.807) is 4.90 Å². The Labute approximate surface area is 147 Å². The summed E-state index contributed by atoms with van der Waals surface area (Å²) in [7, 11) is 1.35. The van der Waals surface area contributed by atoms with E-state index < -0.39 is 0 Å². The summed E-state index contributed by atoms with van der Waals surface area (Å²) < 4.78 is 4.74. The number of ether oxygens (including phenoxy) is 1. The third kappa shape index (κ3) is 5.48. The predicted octanol–water partition coefficient (Wildman–Crippen LogP) is 1.78. The van der Waals surface area contributed by atoms with E-state index in [-0.39, 0.29) is 30.4 Å². The molecule has 2 rings (SSSR count). The van der Waals surface area contributed by atoms with E-state index in [0.717, 1.165) is 18.4 Å². The molecule has 136 valence electrons. The molecule has 2 N–H and O–H groups in total. The molecule has 0 aliphatic carbocycles. The topological polar surface area (TPSA) is 87.7 Å². The van der Waals surface area contributed by atoms with E-state index >= 15 is 0 Å². The lowest BCUT2D eigenvalue weighted by Crippen LogP contribution is -2.48. The third-order valence-electron chi connectivity index (χ3n) is 4.26. The second-order valence-corrected chi connectivity index (χ2v) is 6.07. The summed E-state index contributed by atoms with van der Waals surface area (Å²) in [5, 5.41) is 5.37. The van der Waals surface area contributed by atoms with Crippen molar-refractivity contribution in [1.29, 1.82) is 0 Å². The number of carbonyl (C=O) groups is 3. The third-order valence-corrected chi connectivity index (χ3v) is 4.26. The van der Waals surface area contributed by atoms with Crippen LogP contribution in [0.1, 0.15) is 25.3 Å². The number of piperidine rings is 1. The predicted molar refractivity (Wildman–Crippen MR) is 94.2 cm³/mol. The summed E-state index contributed by atoms with van der Waals surface area (Å²) in [6.45, 7) is 2.81. The summed E-state index contributed by atoms with van der Waals surface area (Å²) >= 11 is 0. The van der Waals surface area contributed by atoms with Crippen LogP contribution in [-0.4, -0.2) is 49.6 Å². The molecule has 1 aliphatic rings. The van der Waals surface area contributed by atoms with E-state index in [1.165, 1.54) is 7.11 Å². The van der Waals surface area contributed by atoms with Gasteiger partial charge in [0.15, 0.2) is 0 Å². The Bertz CT molecular complexity index is 633. The van der Waals surface area contributed by atoms with Crippen molar-refractivity contribution in [3.8, 4) is 0 Å². The van der Waals surface area contributed by atoms with Gasteiger partial charge in [-0.1, -0.05) is 19.1 Å². The van der Waals surface area contributed by atoms with Gasteiger partial charge in [-0.15, -0.1) is 0 Å². The Morgan fingerprint density at radius 2 is 2.12 bits per heavy atom. The number of hydrogen-bond donors (Lipinski definition) is 2. The van der Waals surface area contributed by atoms with Crippen LogP contribution in [0.15, 0.2) is 24.3 Å². The first-order valence-electron chi connectivity index (χ1n) is 8.53. The number of benzene rings is 1. The summed E-state index contributed by atoms with van der Waals surface area (Å²) in [6, 6.07) is 7.25. The minimum atomic E-state index is -0.342. The Morgan fingerprint density at radius 1 is 1.32 bits per heavy atom. The maximum atomic E-state index is 12.2. The van der Waals surface area contributed by atoms with Gasteiger partial charge in [-0.3, -0.25) is 9.59 Å². The summed E-state index contributed by atoms with van der Waals surface area (Å²) in [6.07, 6.45) is 2.34. The van der Waals surface area contributed by atoms with Crippen LogP contribution >= 0.6 is 0 Å². The van der Waals surface area contributed by atoms with Gasteiger partial charge in [-0.25, -0.2) is 4.79 Å². The lowest BCUT2D eigenvalue weighted by molar-refractivity contribution is -0.146. The second kappa shape index (κ2) is 9.05. The highest BCUT2D eigenvalue weighted by Gasteiger charge is 2.29. The van der Waals surface area contributed by atoms with Crippen molar-refractivity contribution in [2.75, 3.05) is 32.1 Å². The highest BCUT2D eigenvalue weighted by Crippen LogP contribution is 2.17. The molecule has 1 aromatic rings. The number of hydrogen-bond acceptors (Lipinski definition) is 4. The van der Waals surface area contributed by atoms with E-state index in [2.05, 4.69) is 10.6 Å². The SMILES string of the molecule is CCc1cccc(NC(=O)CNC(=O)N2CCC[C@@H](C(=O)OC)C2)c1. The molecule has 1 aliphatic heterocycles. The molecule has 1 atom stereocenters. The molecule has 7 heteroatoms. The number of esters is 1. The number of nitrogens with zero attached hydrogens (tertiary/aromatic N) is 1. The van der Waals surface area contributed by atoms with Crippen LogP contribution in [0.25, 0.3) is 0 Å². The number of carbonyl (C=O) groups excluding carboxylic acids is 3. The fourth-order valence-corrected chi connectivity index (χ4v) is 2.86. The molecule has 1 heterocycles. The van der Waals surface area contributed by atoms with Crippen LogP contribution in [0.3, 0.4) is 0 Å². The first-order valence-corrected chi connectivity index (χ1v) is 8.53. The lowest BCUT2D eigenvalue weighted by Gasteiger charge is -2.31. The van der Waals surface area contributed by atoms with Crippen molar-refractivity contribution in [3.05, 3.63) is 29.8 Å². The van der Waals surface area contributed by atoms with Crippen LogP contribution in [0.5, 0.6) is 0 Å². The highest BCUT2D eigenvalue weighted by molar-refractivity contribution is 5.94. The minimum absolute atomic E-state index is 0.116. The van der Waals surface area contributed by atoms with E-state index in [1.807, 2.05) is 31.2 Å². The molecule has 7 nitrogen and oxygen atoms in total. The van der Waals surface area contributed by atoms with Gasteiger partial charge < -0.3 is 20.3 Å². The van der Waals surface area contributed by atoms with Crippen molar-refractivity contribution in [3.63, 3.8) is 0 Å². The molecule has 1 saturated heterocycles. The number of likely N-dealkylation sites (tertiary alicyclic amines) is 1. The summed E-state index contributed by atoms with van der Waals surface area (Å²) in [4.78, 5) is 37.4. The van der Waals surface area contributed by atoms with Crippen molar-refractivity contribution in [1.82, 2.24) is 10.2 Å². The first kappa shape index (κ1) is 18.8. The molecule has 3 amide bonds. The zero-order chi connectivity index (χ0) is 18.2. The quantitative estimate of drug-likeness (QED) is 0.795. The van der Waals surface area contributed by atoms with Gasteiger partial charge in [0.05, 0.1) is 19.6 Å². The fraction of sp³-hybridized carbons (Fsp3) is 0.500. The number of aryl methyl sites for hydroxylation is 1. The number of urea groups is 1. The van der Waals surface area contributed by atoms with E-state index in [0.29, 0.717) is 25.2 Å². The normalized spacial score (nSPS) is 16.9. The van der Waals surface area contributed by atoms with Crippen molar-refractivity contribution in [2.24, 2.45) is 5.92 Å². The standard InChI is InChI=1S/C18H25N3O4/c1-3-13-6-4-8-15(10-13)20-16(22)11-19-18(24)21-9-5-7-14(12-21)17(23)25-2/h4,6,8,10,14H,3,5,7,9,11-12H2,1-2H3,(H,19,24)(H,20,22)/t14-/m1/s1. The number of amides is 3. The van der Waals surface area contributed by atoms with E-state index in [4.69, 9.17) is 4.74 Å². The van der Waals surface area contributed by atoms with Gasteiger partial charge in [0, 0.05) is 18.8 Å². The molecule has 25 heavy (non-hydrogen) atoms. The number of rotatable bonds is 5. The summed E-state index contributed by atoms with van der Waals surface area (Å²) in [5.41, 5.74) is 1.84. The number of methoxy groups -OCH3 is 1. The van der Waals surface area contributed by atoms with Crippen molar-refractivity contribution in [2.45, 2.75) is 26.2 Å². The van der Waals surface area contributed by atoms with Gasteiger partial charge in [-0.2, -0.15) is 0 Å². The zero-order valence-electron chi connectivity index (χ0n) is 14.7. The lowest BCUT2D eigenvalue weighted by atomic mass is 9.98. The van der Waals surface area contributed by atoms with Gasteiger partial charge in [0.1, 0.15) is 0 Å². The largest absolute Gasteiger partial charge is 0.469 e. The van der Waals surface area contributed by atoms with E-state index in [9.17, 15) is 14.4 Å². The van der Waals surface area contributed by atoms with Crippen molar-refractivity contribution < 1.29 is 19.1 Å². The molecular formula is C18H25N3O4. The van der Waals surface area contributed by atoms with Crippen molar-refractivity contribution >= 4 is 23.6 Å². The highest BCUT2D eigenvalue weighted by atomic mass is 16.5. The molecule has 1 aromatic carbocycles. The molecule has 0 aromatic heterocycles. The van der Waals surface area contributed by atoms with Gasteiger partial charge in [0.2, 0.25) is 5.91 Å². The van der Waals surface area contributed by atoms with Gasteiger partial charge >= 0.3 is 12.0 Å². The molecule has 0 radical (unpaired) electrons. The smallest absolute Gasteiger partial charge is 0.317 e. The molecule has 0 bridgehead atoms. The van der Waals surface area contributed by atoms with Crippen LogP contribution in [0.4, 0.5) is 10.5 Å². The van der Waals surface area contributed by atoms with Crippen LogP contribution in [0.2, 0.25) is 0 Å². The maximum Gasteiger partial charge on any atom is 0.317 e. The van der Waals surface area contributed by atoms with Gasteiger partial charge in [-0.05, 0) is 37.0 Å². The molecular weight excluding hydrogens is 322 g/mol. The zero-order valence-corrected chi connectivity index (χ0v) is 14.7. The number of anilines is 1. The van der Waals surface area contributed by atoms with Gasteiger partial charge in [0.25, 0.3) is 0 Å². The first-order chi connectivity index (χ1) is 12.0. The Balaban J connectivity index is 1.80. The molecule has 0 unspecified atom stereocenters. The fourth-order valence-electron chi connectivity index (χ4n) is 2.86.